The van der Waals surface area contributed by atoms with Crippen molar-refractivity contribution in [3.63, 3.8) is 0 Å². The number of guanidine groups is 1. The molecule has 0 amide bonds. The van der Waals surface area contributed by atoms with Crippen molar-refractivity contribution in [2.24, 2.45) is 4.99 Å². The van der Waals surface area contributed by atoms with Gasteiger partial charge in [0.05, 0.1) is 13.1 Å². The third kappa shape index (κ3) is 6.34. The summed E-state index contributed by atoms with van der Waals surface area (Å²) in [5.41, 5.74) is 1.11. The van der Waals surface area contributed by atoms with Crippen molar-refractivity contribution in [3.8, 4) is 0 Å². The molecule has 0 aliphatic rings. The molecule has 8 heteroatoms. The van der Waals surface area contributed by atoms with E-state index in [0.717, 1.165) is 35.5 Å². The first-order valence-electron chi connectivity index (χ1n) is 7.36. The van der Waals surface area contributed by atoms with Crippen LogP contribution in [-0.4, -0.2) is 27.3 Å². The number of hydrogen-bond acceptors (Lipinski definition) is 3. The van der Waals surface area contributed by atoms with E-state index in [1.165, 1.54) is 0 Å². The number of aliphatic imine (C=N–C) groups is 1. The second kappa shape index (κ2) is 10.4. The average Bonchev–Trinajstić information content (AvgIpc) is 2.99. The average molecular weight is 449 g/mol. The lowest BCUT2D eigenvalue weighted by Gasteiger charge is -2.11. The van der Waals surface area contributed by atoms with Crippen molar-refractivity contribution in [1.29, 1.82) is 0 Å². The number of benzene rings is 1. The molecule has 0 bridgehead atoms. The minimum absolute atomic E-state index is 0. The summed E-state index contributed by atoms with van der Waals surface area (Å²) in [6.07, 6.45) is 1.73. The van der Waals surface area contributed by atoms with Crippen LogP contribution in [0.4, 0.5) is 0 Å². The monoisotopic (exact) mass is 448 g/mol. The Balaban J connectivity index is 0.00000264. The van der Waals surface area contributed by atoms with E-state index in [4.69, 9.17) is 11.6 Å². The van der Waals surface area contributed by atoms with Crippen LogP contribution in [0.3, 0.4) is 0 Å². The summed E-state index contributed by atoms with van der Waals surface area (Å²) in [6, 6.07) is 7.69. The van der Waals surface area contributed by atoms with Gasteiger partial charge in [0.25, 0.3) is 0 Å². The summed E-state index contributed by atoms with van der Waals surface area (Å²) in [4.78, 5) is 4.56. The Hall–Kier alpha value is -1.35. The van der Waals surface area contributed by atoms with Crippen LogP contribution in [0.5, 0.6) is 0 Å². The molecule has 0 unspecified atom stereocenters. The van der Waals surface area contributed by atoms with Crippen LogP contribution < -0.4 is 10.6 Å². The van der Waals surface area contributed by atoms with Gasteiger partial charge in [0.2, 0.25) is 0 Å². The number of rotatable bonds is 6. The fraction of sp³-hybridized carbons (Fsp3) is 0.400. The van der Waals surface area contributed by atoms with Gasteiger partial charge in [0.1, 0.15) is 6.33 Å². The zero-order chi connectivity index (χ0) is 15.8. The summed E-state index contributed by atoms with van der Waals surface area (Å²) in [6.45, 7) is 6.92. The van der Waals surface area contributed by atoms with Crippen molar-refractivity contribution in [1.82, 2.24) is 25.4 Å². The number of halogens is 2. The van der Waals surface area contributed by atoms with Gasteiger partial charge in [-0.1, -0.05) is 23.7 Å². The molecule has 126 valence electrons. The highest BCUT2D eigenvalue weighted by Gasteiger charge is 2.04. The summed E-state index contributed by atoms with van der Waals surface area (Å²) in [7, 11) is 0. The van der Waals surface area contributed by atoms with Crippen LogP contribution in [-0.2, 0) is 19.6 Å². The van der Waals surface area contributed by atoms with E-state index < -0.39 is 0 Å². The quantitative estimate of drug-likeness (QED) is 0.405. The van der Waals surface area contributed by atoms with E-state index in [2.05, 4.69) is 32.7 Å². The molecular weight excluding hydrogens is 427 g/mol. The Kier molecular flexibility index (Phi) is 8.93. The zero-order valence-corrected chi connectivity index (χ0v) is 16.4. The van der Waals surface area contributed by atoms with E-state index in [-0.39, 0.29) is 24.0 Å². The second-order valence-electron chi connectivity index (χ2n) is 4.71. The topological polar surface area (TPSA) is 67.1 Å². The number of aryl methyl sites for hydroxylation is 1. The lowest BCUT2D eigenvalue weighted by Crippen LogP contribution is -2.37. The lowest BCUT2D eigenvalue weighted by atomic mass is 10.2. The van der Waals surface area contributed by atoms with E-state index in [1.807, 2.05) is 35.8 Å². The molecule has 0 spiro atoms. The Morgan fingerprint density at radius 1 is 1.22 bits per heavy atom. The molecular formula is C15H22ClIN6. The molecule has 23 heavy (non-hydrogen) atoms. The summed E-state index contributed by atoms with van der Waals surface area (Å²) >= 11 is 5.88. The third-order valence-electron chi connectivity index (χ3n) is 3.13. The van der Waals surface area contributed by atoms with Crippen molar-refractivity contribution >= 4 is 41.5 Å². The molecule has 1 aromatic heterocycles. The van der Waals surface area contributed by atoms with Crippen LogP contribution in [0, 0.1) is 0 Å². The highest BCUT2D eigenvalue weighted by molar-refractivity contribution is 14.0. The van der Waals surface area contributed by atoms with Gasteiger partial charge in [-0.15, -0.1) is 34.2 Å². The third-order valence-corrected chi connectivity index (χ3v) is 3.38. The minimum Gasteiger partial charge on any atom is -0.357 e. The second-order valence-corrected chi connectivity index (χ2v) is 5.14. The van der Waals surface area contributed by atoms with Gasteiger partial charge in [-0.3, -0.25) is 0 Å². The number of aromatic nitrogens is 3. The minimum atomic E-state index is 0. The van der Waals surface area contributed by atoms with E-state index in [0.29, 0.717) is 13.1 Å². The standard InChI is InChI=1S/C15H21ClN6.HI/c1-3-17-15(18-9-12-5-7-13(16)8-6-12)19-10-14-21-20-11-22(14)4-2;/h5-8,11H,3-4,9-10H2,1-2H3,(H2,17,18,19);1H. The van der Waals surface area contributed by atoms with Gasteiger partial charge in [-0.25, -0.2) is 4.99 Å². The maximum absolute atomic E-state index is 5.88. The largest absolute Gasteiger partial charge is 0.357 e. The molecule has 2 N–H and O–H groups in total. The smallest absolute Gasteiger partial charge is 0.191 e. The Morgan fingerprint density at radius 3 is 2.61 bits per heavy atom. The lowest BCUT2D eigenvalue weighted by molar-refractivity contribution is 0.670. The molecule has 0 atom stereocenters. The van der Waals surface area contributed by atoms with E-state index in [1.54, 1.807) is 6.33 Å². The normalized spacial score (nSPS) is 11.0. The van der Waals surface area contributed by atoms with Gasteiger partial charge in [0.15, 0.2) is 11.8 Å². The molecule has 1 aromatic carbocycles. The van der Waals surface area contributed by atoms with Gasteiger partial charge < -0.3 is 15.2 Å². The molecule has 0 fully saturated rings. The molecule has 0 aliphatic heterocycles. The van der Waals surface area contributed by atoms with Crippen LogP contribution in [0.25, 0.3) is 0 Å². The fourth-order valence-corrected chi connectivity index (χ4v) is 2.07. The zero-order valence-electron chi connectivity index (χ0n) is 13.3. The molecule has 0 radical (unpaired) electrons. The maximum Gasteiger partial charge on any atom is 0.191 e. The van der Waals surface area contributed by atoms with Crippen molar-refractivity contribution < 1.29 is 0 Å². The van der Waals surface area contributed by atoms with E-state index >= 15 is 0 Å². The molecule has 0 saturated carbocycles. The van der Waals surface area contributed by atoms with Crippen LogP contribution >= 0.6 is 35.6 Å². The highest BCUT2D eigenvalue weighted by Crippen LogP contribution is 2.10. The molecule has 2 aromatic rings. The fourth-order valence-electron chi connectivity index (χ4n) is 1.94. The molecule has 0 saturated heterocycles. The van der Waals surface area contributed by atoms with E-state index in [9.17, 15) is 0 Å². The predicted octanol–water partition coefficient (Wildman–Crippen LogP) is 2.82. The maximum atomic E-state index is 5.88. The van der Waals surface area contributed by atoms with Crippen LogP contribution in [0.15, 0.2) is 35.6 Å². The Bertz CT molecular complexity index is 611. The predicted molar refractivity (Wildman–Crippen MR) is 104 cm³/mol. The van der Waals surface area contributed by atoms with Gasteiger partial charge in [-0.2, -0.15) is 0 Å². The number of hydrogen-bond donors (Lipinski definition) is 2. The van der Waals surface area contributed by atoms with Gasteiger partial charge in [-0.05, 0) is 31.5 Å². The van der Waals surface area contributed by atoms with Crippen LogP contribution in [0.2, 0.25) is 5.02 Å². The summed E-state index contributed by atoms with van der Waals surface area (Å²) in [5.74, 6) is 1.64. The van der Waals surface area contributed by atoms with Crippen molar-refractivity contribution in [3.05, 3.63) is 47.0 Å². The summed E-state index contributed by atoms with van der Waals surface area (Å²) in [5, 5.41) is 15.2. The first-order valence-corrected chi connectivity index (χ1v) is 7.74. The molecule has 0 aliphatic carbocycles. The first kappa shape index (κ1) is 19.7. The summed E-state index contributed by atoms with van der Waals surface area (Å²) < 4.78 is 2.00. The molecule has 6 nitrogen and oxygen atoms in total. The van der Waals surface area contributed by atoms with Crippen molar-refractivity contribution in [2.45, 2.75) is 33.5 Å². The van der Waals surface area contributed by atoms with Crippen molar-refractivity contribution in [2.75, 3.05) is 6.54 Å². The van der Waals surface area contributed by atoms with Gasteiger partial charge in [0, 0.05) is 18.1 Å². The Morgan fingerprint density at radius 2 is 1.96 bits per heavy atom. The number of nitrogens with zero attached hydrogens (tertiary/aromatic N) is 4. The molecule has 1 heterocycles. The SMILES string of the molecule is CCNC(=NCc1ccc(Cl)cc1)NCc1nncn1CC.I. The van der Waals surface area contributed by atoms with Gasteiger partial charge >= 0.3 is 0 Å². The molecule has 2 rings (SSSR count). The number of nitrogens with one attached hydrogen (secondary N) is 2. The highest BCUT2D eigenvalue weighted by atomic mass is 127. The van der Waals surface area contributed by atoms with Crippen LogP contribution in [0.1, 0.15) is 25.2 Å². The first-order chi connectivity index (χ1) is 10.7. The Labute approximate surface area is 158 Å².